The zero-order chi connectivity index (χ0) is 20.1. The number of hydrogen-bond acceptors (Lipinski definition) is 5. The number of fused-ring (bicyclic) bond motifs is 1. The number of carbonyl (C=O) groups excluding carboxylic acids is 1. The number of H-pyrrole nitrogens is 1. The molecule has 1 aromatic heterocycles. The number of aromatic nitrogens is 2. The molecule has 3 rings (SSSR count). The van der Waals surface area contributed by atoms with Crippen molar-refractivity contribution < 1.29 is 14.3 Å². The van der Waals surface area contributed by atoms with E-state index in [-0.39, 0.29) is 23.6 Å². The molecule has 0 saturated heterocycles. The van der Waals surface area contributed by atoms with Crippen LogP contribution in [0.25, 0.3) is 11.0 Å². The summed E-state index contributed by atoms with van der Waals surface area (Å²) in [7, 11) is 3.27. The van der Waals surface area contributed by atoms with Gasteiger partial charge in [-0.1, -0.05) is 37.7 Å². The highest BCUT2D eigenvalue weighted by Crippen LogP contribution is 2.25. The van der Waals surface area contributed by atoms with E-state index in [0.717, 1.165) is 28.1 Å². The second-order valence-corrected chi connectivity index (χ2v) is 7.74. The summed E-state index contributed by atoms with van der Waals surface area (Å²) in [6.07, 6.45) is 0. The molecule has 0 fully saturated rings. The molecule has 3 aromatic rings. The molecule has 0 spiro atoms. The highest BCUT2D eigenvalue weighted by molar-refractivity contribution is 7.99. The zero-order valence-electron chi connectivity index (χ0n) is 16.5. The van der Waals surface area contributed by atoms with Crippen LogP contribution in [0, 0.1) is 5.92 Å². The summed E-state index contributed by atoms with van der Waals surface area (Å²) in [5.41, 5.74) is 2.80. The molecule has 2 N–H and O–H groups in total. The zero-order valence-corrected chi connectivity index (χ0v) is 17.3. The van der Waals surface area contributed by atoms with Crippen LogP contribution in [0.4, 0.5) is 0 Å². The fraction of sp³-hybridized carbons (Fsp3) is 0.333. The predicted molar refractivity (Wildman–Crippen MR) is 112 cm³/mol. The van der Waals surface area contributed by atoms with E-state index >= 15 is 0 Å². The lowest BCUT2D eigenvalue weighted by Gasteiger charge is -2.23. The molecule has 7 heteroatoms. The molecular formula is C21H25N3O3S. The summed E-state index contributed by atoms with van der Waals surface area (Å²) >= 11 is 1.38. The number of aromatic amines is 1. The first-order valence-electron chi connectivity index (χ1n) is 9.10. The Morgan fingerprint density at radius 2 is 1.79 bits per heavy atom. The summed E-state index contributed by atoms with van der Waals surface area (Å²) in [6.45, 7) is 4.18. The Morgan fingerprint density at radius 3 is 2.43 bits per heavy atom. The Morgan fingerprint density at radius 1 is 1.11 bits per heavy atom. The molecule has 0 aliphatic heterocycles. The van der Waals surface area contributed by atoms with E-state index in [4.69, 9.17) is 9.47 Å². The molecule has 0 saturated carbocycles. The smallest absolute Gasteiger partial charge is 0.230 e. The van der Waals surface area contributed by atoms with Crippen LogP contribution in [0.2, 0.25) is 0 Å². The third-order valence-electron chi connectivity index (χ3n) is 4.47. The van der Waals surface area contributed by atoms with E-state index in [1.165, 1.54) is 11.8 Å². The first-order valence-corrected chi connectivity index (χ1v) is 10.1. The van der Waals surface area contributed by atoms with Gasteiger partial charge in [-0.2, -0.15) is 0 Å². The number of carbonyl (C=O) groups is 1. The summed E-state index contributed by atoms with van der Waals surface area (Å²) in [5.74, 6) is 2.09. The average molecular weight is 400 g/mol. The van der Waals surface area contributed by atoms with Gasteiger partial charge in [0.1, 0.15) is 11.5 Å². The number of thioether (sulfide) groups is 1. The van der Waals surface area contributed by atoms with Gasteiger partial charge in [0.2, 0.25) is 5.91 Å². The number of imidazole rings is 1. The minimum atomic E-state index is -0.0565. The van der Waals surface area contributed by atoms with Crippen LogP contribution in [-0.2, 0) is 4.79 Å². The third-order valence-corrected chi connectivity index (χ3v) is 5.34. The van der Waals surface area contributed by atoms with E-state index in [2.05, 4.69) is 29.1 Å². The molecule has 0 bridgehead atoms. The topological polar surface area (TPSA) is 76.2 Å². The van der Waals surface area contributed by atoms with Gasteiger partial charge in [-0.05, 0) is 35.7 Å². The van der Waals surface area contributed by atoms with Crippen LogP contribution in [0.15, 0.2) is 47.6 Å². The van der Waals surface area contributed by atoms with Crippen LogP contribution in [-0.4, -0.2) is 35.8 Å². The average Bonchev–Trinajstić information content (AvgIpc) is 3.12. The second-order valence-electron chi connectivity index (χ2n) is 6.78. The summed E-state index contributed by atoms with van der Waals surface area (Å²) in [4.78, 5) is 20.3. The van der Waals surface area contributed by atoms with E-state index in [1.807, 2.05) is 42.5 Å². The van der Waals surface area contributed by atoms with Crippen molar-refractivity contribution in [1.29, 1.82) is 0 Å². The van der Waals surface area contributed by atoms with Crippen LogP contribution < -0.4 is 14.8 Å². The Bertz CT molecular complexity index is 938. The molecule has 2 aromatic carbocycles. The maximum Gasteiger partial charge on any atom is 0.230 e. The van der Waals surface area contributed by atoms with E-state index in [0.29, 0.717) is 5.16 Å². The molecule has 0 aliphatic rings. The molecule has 1 amide bonds. The van der Waals surface area contributed by atoms with E-state index in [1.54, 1.807) is 14.2 Å². The Balaban J connectivity index is 1.63. The predicted octanol–water partition coefficient (Wildman–Crippen LogP) is 4.19. The second kappa shape index (κ2) is 9.01. The SMILES string of the molecule is COc1ccc(C(NC(=O)CSc2nc3ccc(OC)cc3[nH]2)C(C)C)cc1. The van der Waals surface area contributed by atoms with Gasteiger partial charge >= 0.3 is 0 Å². The molecule has 148 valence electrons. The standard InChI is InChI=1S/C21H25N3O3S/c1-13(2)20(14-5-7-15(26-3)8-6-14)24-19(25)12-28-21-22-17-10-9-16(27-4)11-18(17)23-21/h5-11,13,20H,12H2,1-4H3,(H,22,23)(H,24,25). The third kappa shape index (κ3) is 4.78. The molecule has 0 radical (unpaired) electrons. The summed E-state index contributed by atoms with van der Waals surface area (Å²) < 4.78 is 10.4. The van der Waals surface area contributed by atoms with Crippen LogP contribution in [0.3, 0.4) is 0 Å². The minimum absolute atomic E-state index is 0.0300. The van der Waals surface area contributed by atoms with E-state index in [9.17, 15) is 4.79 Å². The van der Waals surface area contributed by atoms with Gasteiger partial charge in [0.15, 0.2) is 5.16 Å². The normalized spacial score (nSPS) is 12.2. The first-order chi connectivity index (χ1) is 13.5. The Kier molecular flexibility index (Phi) is 6.46. The van der Waals surface area contributed by atoms with Crippen LogP contribution in [0.1, 0.15) is 25.5 Å². The fourth-order valence-electron chi connectivity index (χ4n) is 2.96. The molecule has 1 atom stereocenters. The lowest BCUT2D eigenvalue weighted by molar-refractivity contribution is -0.119. The summed E-state index contributed by atoms with van der Waals surface area (Å²) in [6, 6.07) is 13.4. The maximum absolute atomic E-state index is 12.5. The highest BCUT2D eigenvalue weighted by Gasteiger charge is 2.19. The van der Waals surface area contributed by atoms with Gasteiger partial charge in [-0.25, -0.2) is 4.98 Å². The van der Waals surface area contributed by atoms with Crippen LogP contribution >= 0.6 is 11.8 Å². The largest absolute Gasteiger partial charge is 0.497 e. The van der Waals surface area contributed by atoms with Crippen LogP contribution in [0.5, 0.6) is 11.5 Å². The van der Waals surface area contributed by atoms with Crippen molar-refractivity contribution in [2.24, 2.45) is 5.92 Å². The number of hydrogen-bond donors (Lipinski definition) is 2. The Labute approximate surface area is 169 Å². The molecule has 6 nitrogen and oxygen atoms in total. The minimum Gasteiger partial charge on any atom is -0.497 e. The monoisotopic (exact) mass is 399 g/mol. The van der Waals surface area contributed by atoms with Gasteiger partial charge in [-0.15, -0.1) is 0 Å². The fourth-order valence-corrected chi connectivity index (χ4v) is 3.65. The van der Waals surface area contributed by atoms with Crippen molar-refractivity contribution in [3.8, 4) is 11.5 Å². The van der Waals surface area contributed by atoms with Gasteiger partial charge in [0, 0.05) is 6.07 Å². The van der Waals surface area contributed by atoms with Crippen molar-refractivity contribution in [3.63, 3.8) is 0 Å². The van der Waals surface area contributed by atoms with Crippen molar-refractivity contribution in [3.05, 3.63) is 48.0 Å². The number of methoxy groups -OCH3 is 2. The number of amides is 1. The molecule has 0 aliphatic carbocycles. The maximum atomic E-state index is 12.5. The molecule has 1 heterocycles. The number of nitrogens with one attached hydrogen (secondary N) is 2. The summed E-state index contributed by atoms with van der Waals surface area (Å²) in [5, 5.41) is 3.84. The van der Waals surface area contributed by atoms with Crippen molar-refractivity contribution in [2.75, 3.05) is 20.0 Å². The first kappa shape index (κ1) is 20.1. The lowest BCUT2D eigenvalue weighted by atomic mass is 9.96. The number of rotatable bonds is 8. The molecular weight excluding hydrogens is 374 g/mol. The number of ether oxygens (including phenoxy) is 2. The van der Waals surface area contributed by atoms with Crippen molar-refractivity contribution in [2.45, 2.75) is 25.0 Å². The Hall–Kier alpha value is -2.67. The highest BCUT2D eigenvalue weighted by atomic mass is 32.2. The van der Waals surface area contributed by atoms with Gasteiger partial charge in [-0.3, -0.25) is 4.79 Å². The quantitative estimate of drug-likeness (QED) is 0.556. The molecule has 1 unspecified atom stereocenters. The van der Waals surface area contributed by atoms with Gasteiger partial charge < -0.3 is 19.8 Å². The lowest BCUT2D eigenvalue weighted by Crippen LogP contribution is -2.33. The van der Waals surface area contributed by atoms with Crippen molar-refractivity contribution in [1.82, 2.24) is 15.3 Å². The van der Waals surface area contributed by atoms with E-state index < -0.39 is 0 Å². The molecule has 28 heavy (non-hydrogen) atoms. The van der Waals surface area contributed by atoms with Gasteiger partial charge in [0.25, 0.3) is 0 Å². The van der Waals surface area contributed by atoms with Crippen molar-refractivity contribution >= 4 is 28.7 Å². The number of nitrogens with zero attached hydrogens (tertiary/aromatic N) is 1. The number of benzene rings is 2. The van der Waals surface area contributed by atoms with Gasteiger partial charge in [0.05, 0.1) is 37.0 Å².